The standard InChI is InChI=1S/C16H19NOS/c1-2-16(9-5-6-10-16)14(18)11-15-17-12-7-3-4-8-13(12)19-15/h3-4,7-8H,2,5-6,9-11H2,1H3. The summed E-state index contributed by atoms with van der Waals surface area (Å²) in [7, 11) is 0. The fraction of sp³-hybridized carbons (Fsp3) is 0.500. The lowest BCUT2D eigenvalue weighted by atomic mass is 9.78. The van der Waals surface area contributed by atoms with E-state index in [0.29, 0.717) is 12.2 Å². The molecule has 3 heteroatoms. The number of fused-ring (bicyclic) bond motifs is 1. The van der Waals surface area contributed by atoms with Crippen LogP contribution in [-0.4, -0.2) is 10.8 Å². The number of aromatic nitrogens is 1. The number of rotatable bonds is 4. The molecule has 3 rings (SSSR count). The van der Waals surface area contributed by atoms with E-state index >= 15 is 0 Å². The Bertz CT molecular complexity index is 563. The Balaban J connectivity index is 1.82. The number of Topliss-reactive ketones (excluding diaryl/α,β-unsaturated/α-hetero) is 1. The van der Waals surface area contributed by atoms with Crippen molar-refractivity contribution in [2.75, 3.05) is 0 Å². The summed E-state index contributed by atoms with van der Waals surface area (Å²) in [5.74, 6) is 0.409. The summed E-state index contributed by atoms with van der Waals surface area (Å²) < 4.78 is 1.18. The number of carbonyl (C=O) groups is 1. The summed E-state index contributed by atoms with van der Waals surface area (Å²) in [6.45, 7) is 2.15. The van der Waals surface area contributed by atoms with Gasteiger partial charge in [0, 0.05) is 5.41 Å². The first-order chi connectivity index (χ1) is 9.23. The lowest BCUT2D eigenvalue weighted by Crippen LogP contribution is -2.28. The molecular weight excluding hydrogens is 254 g/mol. The van der Waals surface area contributed by atoms with Crippen LogP contribution in [-0.2, 0) is 11.2 Å². The Kier molecular flexibility index (Phi) is 3.40. The number of benzene rings is 1. The van der Waals surface area contributed by atoms with E-state index in [1.54, 1.807) is 11.3 Å². The highest BCUT2D eigenvalue weighted by Gasteiger charge is 2.38. The fourth-order valence-corrected chi connectivity index (χ4v) is 4.17. The molecule has 2 aromatic rings. The summed E-state index contributed by atoms with van der Waals surface area (Å²) in [5.41, 5.74) is 0.977. The van der Waals surface area contributed by atoms with Gasteiger partial charge in [-0.1, -0.05) is 31.9 Å². The highest BCUT2D eigenvalue weighted by molar-refractivity contribution is 7.18. The summed E-state index contributed by atoms with van der Waals surface area (Å²) >= 11 is 1.66. The molecule has 19 heavy (non-hydrogen) atoms. The van der Waals surface area contributed by atoms with Crippen LogP contribution in [0, 0.1) is 5.41 Å². The van der Waals surface area contributed by atoms with Gasteiger partial charge < -0.3 is 0 Å². The quantitative estimate of drug-likeness (QED) is 0.827. The molecule has 1 fully saturated rings. The zero-order valence-corrected chi connectivity index (χ0v) is 12.1. The molecule has 1 heterocycles. The first kappa shape index (κ1) is 12.8. The Morgan fingerprint density at radius 3 is 2.74 bits per heavy atom. The van der Waals surface area contributed by atoms with Gasteiger partial charge in [-0.2, -0.15) is 0 Å². The molecule has 0 bridgehead atoms. The van der Waals surface area contributed by atoms with Gasteiger partial charge in [-0.05, 0) is 31.4 Å². The summed E-state index contributed by atoms with van der Waals surface area (Å²) in [4.78, 5) is 17.2. The van der Waals surface area contributed by atoms with E-state index in [9.17, 15) is 4.79 Å². The molecule has 0 radical (unpaired) electrons. The second kappa shape index (κ2) is 5.04. The molecule has 1 aliphatic carbocycles. The van der Waals surface area contributed by atoms with Gasteiger partial charge >= 0.3 is 0 Å². The number of ketones is 1. The van der Waals surface area contributed by atoms with Crippen molar-refractivity contribution in [2.24, 2.45) is 5.41 Å². The molecule has 0 atom stereocenters. The smallest absolute Gasteiger partial charge is 0.145 e. The van der Waals surface area contributed by atoms with Crippen LogP contribution in [0.25, 0.3) is 10.2 Å². The van der Waals surface area contributed by atoms with Crippen molar-refractivity contribution in [3.8, 4) is 0 Å². The third-order valence-electron chi connectivity index (χ3n) is 4.48. The van der Waals surface area contributed by atoms with Gasteiger partial charge in [0.15, 0.2) is 0 Å². The summed E-state index contributed by atoms with van der Waals surface area (Å²) in [6, 6.07) is 8.12. The summed E-state index contributed by atoms with van der Waals surface area (Å²) in [5, 5.41) is 0.978. The van der Waals surface area contributed by atoms with Gasteiger partial charge in [-0.25, -0.2) is 4.98 Å². The molecule has 1 aromatic heterocycles. The van der Waals surface area contributed by atoms with Crippen LogP contribution in [0.1, 0.15) is 44.0 Å². The van der Waals surface area contributed by atoms with Crippen molar-refractivity contribution in [1.29, 1.82) is 0 Å². The number of thiazole rings is 1. The lowest BCUT2D eigenvalue weighted by Gasteiger charge is -2.25. The average Bonchev–Trinajstić information content (AvgIpc) is 3.05. The van der Waals surface area contributed by atoms with E-state index in [1.165, 1.54) is 17.5 Å². The number of carbonyl (C=O) groups excluding carboxylic acids is 1. The lowest BCUT2D eigenvalue weighted by molar-refractivity contribution is -0.128. The van der Waals surface area contributed by atoms with Crippen LogP contribution in [0.4, 0.5) is 0 Å². The first-order valence-corrected chi connectivity index (χ1v) is 7.93. The molecule has 0 unspecified atom stereocenters. The van der Waals surface area contributed by atoms with E-state index in [4.69, 9.17) is 0 Å². The van der Waals surface area contributed by atoms with E-state index in [0.717, 1.165) is 29.8 Å². The topological polar surface area (TPSA) is 30.0 Å². The predicted octanol–water partition coefficient (Wildman–Crippen LogP) is 4.38. The molecule has 1 aliphatic rings. The molecular formula is C16H19NOS. The normalized spacial score (nSPS) is 17.9. The van der Waals surface area contributed by atoms with E-state index in [1.807, 2.05) is 18.2 Å². The van der Waals surface area contributed by atoms with Gasteiger partial charge in [-0.15, -0.1) is 11.3 Å². The van der Waals surface area contributed by atoms with Crippen LogP contribution in [0.2, 0.25) is 0 Å². The van der Waals surface area contributed by atoms with Gasteiger partial charge in [0.1, 0.15) is 10.8 Å². The van der Waals surface area contributed by atoms with Crippen molar-refractivity contribution < 1.29 is 4.79 Å². The SMILES string of the molecule is CCC1(C(=O)Cc2nc3ccccc3s2)CCCC1. The first-order valence-electron chi connectivity index (χ1n) is 7.11. The predicted molar refractivity (Wildman–Crippen MR) is 79.5 cm³/mol. The average molecular weight is 273 g/mol. The number of hydrogen-bond acceptors (Lipinski definition) is 3. The maximum Gasteiger partial charge on any atom is 0.145 e. The highest BCUT2D eigenvalue weighted by Crippen LogP contribution is 2.42. The maximum absolute atomic E-state index is 12.6. The third kappa shape index (κ3) is 2.32. The minimum absolute atomic E-state index is 0.0438. The van der Waals surface area contributed by atoms with E-state index < -0.39 is 0 Å². The third-order valence-corrected chi connectivity index (χ3v) is 5.52. The van der Waals surface area contributed by atoms with Crippen LogP contribution >= 0.6 is 11.3 Å². The highest BCUT2D eigenvalue weighted by atomic mass is 32.1. The van der Waals surface area contributed by atoms with Crippen LogP contribution in [0.5, 0.6) is 0 Å². The van der Waals surface area contributed by atoms with Gasteiger partial charge in [-0.3, -0.25) is 4.79 Å². The second-order valence-corrected chi connectivity index (χ2v) is 6.63. The minimum Gasteiger partial charge on any atom is -0.299 e. The summed E-state index contributed by atoms with van der Waals surface area (Å²) in [6.07, 6.45) is 6.07. The molecule has 0 spiro atoms. The maximum atomic E-state index is 12.6. The molecule has 0 amide bonds. The van der Waals surface area contributed by atoms with Gasteiger partial charge in [0.25, 0.3) is 0 Å². The molecule has 1 aromatic carbocycles. The second-order valence-electron chi connectivity index (χ2n) is 5.52. The number of hydrogen-bond donors (Lipinski definition) is 0. The van der Waals surface area contributed by atoms with Crippen molar-refractivity contribution in [1.82, 2.24) is 4.98 Å². The Hall–Kier alpha value is -1.22. The van der Waals surface area contributed by atoms with Crippen molar-refractivity contribution in [3.63, 3.8) is 0 Å². The van der Waals surface area contributed by atoms with Crippen molar-refractivity contribution >= 4 is 27.3 Å². The largest absolute Gasteiger partial charge is 0.299 e. The molecule has 1 saturated carbocycles. The monoisotopic (exact) mass is 273 g/mol. The minimum atomic E-state index is -0.0438. The Morgan fingerprint density at radius 2 is 2.05 bits per heavy atom. The molecule has 0 N–H and O–H groups in total. The molecule has 2 nitrogen and oxygen atoms in total. The number of nitrogens with zero attached hydrogens (tertiary/aromatic N) is 1. The van der Waals surface area contributed by atoms with Gasteiger partial charge in [0.05, 0.1) is 16.6 Å². The van der Waals surface area contributed by atoms with Crippen LogP contribution in [0.3, 0.4) is 0 Å². The zero-order chi connectivity index (χ0) is 13.3. The Morgan fingerprint density at radius 1 is 1.32 bits per heavy atom. The fourth-order valence-electron chi connectivity index (χ4n) is 3.20. The van der Waals surface area contributed by atoms with E-state index in [-0.39, 0.29) is 5.41 Å². The van der Waals surface area contributed by atoms with Crippen LogP contribution in [0.15, 0.2) is 24.3 Å². The molecule has 0 saturated heterocycles. The van der Waals surface area contributed by atoms with E-state index in [2.05, 4.69) is 18.0 Å². The van der Waals surface area contributed by atoms with Crippen LogP contribution < -0.4 is 0 Å². The molecule has 0 aliphatic heterocycles. The van der Waals surface area contributed by atoms with Crippen molar-refractivity contribution in [3.05, 3.63) is 29.3 Å². The number of para-hydroxylation sites is 1. The Labute approximate surface area is 117 Å². The molecule has 100 valence electrons. The van der Waals surface area contributed by atoms with Gasteiger partial charge in [0.2, 0.25) is 0 Å². The van der Waals surface area contributed by atoms with Crippen molar-refractivity contribution in [2.45, 2.75) is 45.4 Å². The zero-order valence-electron chi connectivity index (χ0n) is 11.3.